The Kier molecular flexibility index (Phi) is 4.22. The SMILES string of the molecule is CC(C)(C)Sc1c(CC(C)(C)C(=O)O)[nH]c2ccc(O)cc12. The van der Waals surface area contributed by atoms with Crippen LogP contribution in [0.4, 0.5) is 0 Å². The van der Waals surface area contributed by atoms with Crippen molar-refractivity contribution in [2.45, 2.75) is 50.7 Å². The van der Waals surface area contributed by atoms with Crippen LogP contribution >= 0.6 is 11.8 Å². The number of hydrogen-bond donors (Lipinski definition) is 3. The number of hydrogen-bond acceptors (Lipinski definition) is 3. The number of aromatic amines is 1. The number of aromatic hydroxyl groups is 1. The van der Waals surface area contributed by atoms with Crippen molar-refractivity contribution < 1.29 is 15.0 Å². The Morgan fingerprint density at radius 3 is 2.41 bits per heavy atom. The molecule has 2 aromatic rings. The third kappa shape index (κ3) is 3.58. The molecule has 1 aromatic heterocycles. The molecule has 1 heterocycles. The summed E-state index contributed by atoms with van der Waals surface area (Å²) in [6.45, 7) is 9.80. The number of nitrogens with one attached hydrogen (secondary N) is 1. The van der Waals surface area contributed by atoms with Gasteiger partial charge in [0.25, 0.3) is 0 Å². The molecule has 0 aliphatic heterocycles. The van der Waals surface area contributed by atoms with Crippen molar-refractivity contribution in [1.82, 2.24) is 4.98 Å². The predicted molar refractivity (Wildman–Crippen MR) is 90.7 cm³/mol. The van der Waals surface area contributed by atoms with E-state index in [4.69, 9.17) is 0 Å². The topological polar surface area (TPSA) is 73.3 Å². The standard InChI is InChI=1S/C17H23NO3S/c1-16(2,3)22-14-11-8-10(19)6-7-12(11)18-13(14)9-17(4,5)15(20)21/h6-8,18-19H,9H2,1-5H3,(H,20,21). The number of fused-ring (bicyclic) bond motifs is 1. The normalized spacial score (nSPS) is 12.8. The molecular weight excluding hydrogens is 298 g/mol. The Morgan fingerprint density at radius 2 is 1.86 bits per heavy atom. The molecule has 4 nitrogen and oxygen atoms in total. The van der Waals surface area contributed by atoms with Crippen molar-refractivity contribution in [3.05, 3.63) is 23.9 Å². The van der Waals surface area contributed by atoms with Crippen LogP contribution in [-0.4, -0.2) is 25.9 Å². The van der Waals surface area contributed by atoms with E-state index in [0.717, 1.165) is 21.5 Å². The molecule has 0 fully saturated rings. The van der Waals surface area contributed by atoms with E-state index < -0.39 is 11.4 Å². The number of phenolic OH excluding ortho intramolecular Hbond substituents is 1. The van der Waals surface area contributed by atoms with Crippen molar-refractivity contribution in [3.63, 3.8) is 0 Å². The number of carbonyl (C=O) groups is 1. The zero-order chi connectivity index (χ0) is 16.7. The summed E-state index contributed by atoms with van der Waals surface area (Å²) in [7, 11) is 0. The molecule has 0 amide bonds. The smallest absolute Gasteiger partial charge is 0.309 e. The van der Waals surface area contributed by atoms with Crippen molar-refractivity contribution in [2.75, 3.05) is 0 Å². The molecule has 0 saturated heterocycles. The van der Waals surface area contributed by atoms with Gasteiger partial charge in [0.1, 0.15) is 5.75 Å². The van der Waals surface area contributed by atoms with Gasteiger partial charge in [-0.2, -0.15) is 0 Å². The van der Waals surface area contributed by atoms with Gasteiger partial charge in [-0.25, -0.2) is 0 Å². The maximum atomic E-state index is 11.4. The minimum absolute atomic E-state index is 0.0112. The van der Waals surface area contributed by atoms with E-state index >= 15 is 0 Å². The fourth-order valence-electron chi connectivity index (χ4n) is 2.28. The molecule has 0 bridgehead atoms. The molecule has 0 spiro atoms. The van der Waals surface area contributed by atoms with E-state index in [1.54, 1.807) is 37.7 Å². The van der Waals surface area contributed by atoms with Crippen molar-refractivity contribution in [1.29, 1.82) is 0 Å². The summed E-state index contributed by atoms with van der Waals surface area (Å²) in [6.07, 6.45) is 0.413. The lowest BCUT2D eigenvalue weighted by atomic mass is 9.88. The molecular formula is C17H23NO3S. The molecule has 5 heteroatoms. The van der Waals surface area contributed by atoms with Crippen LogP contribution in [0.1, 0.15) is 40.3 Å². The number of carboxylic acid groups (broad SMARTS) is 1. The van der Waals surface area contributed by atoms with E-state index in [9.17, 15) is 15.0 Å². The van der Waals surface area contributed by atoms with Gasteiger partial charge in [0.2, 0.25) is 0 Å². The Bertz CT molecular complexity index is 710. The molecule has 3 N–H and O–H groups in total. The van der Waals surface area contributed by atoms with E-state index in [2.05, 4.69) is 25.8 Å². The summed E-state index contributed by atoms with van der Waals surface area (Å²) >= 11 is 1.69. The Hall–Kier alpha value is -1.62. The van der Waals surface area contributed by atoms with Gasteiger partial charge < -0.3 is 15.2 Å². The number of thioether (sulfide) groups is 1. The first-order valence-corrected chi connectivity index (χ1v) is 8.07. The van der Waals surface area contributed by atoms with Gasteiger partial charge in [0.05, 0.1) is 5.41 Å². The fourth-order valence-corrected chi connectivity index (χ4v) is 3.41. The molecule has 0 aliphatic carbocycles. The Labute approximate surface area is 134 Å². The Balaban J connectivity index is 2.57. The van der Waals surface area contributed by atoms with E-state index in [0.29, 0.717) is 6.42 Å². The molecule has 1 aromatic carbocycles. The number of benzene rings is 1. The minimum Gasteiger partial charge on any atom is -0.508 e. The van der Waals surface area contributed by atoms with Crippen LogP contribution in [-0.2, 0) is 11.2 Å². The second-order valence-electron chi connectivity index (χ2n) is 7.24. The first-order valence-electron chi connectivity index (χ1n) is 7.25. The third-order valence-electron chi connectivity index (χ3n) is 3.41. The van der Waals surface area contributed by atoms with E-state index in [1.807, 2.05) is 6.07 Å². The highest BCUT2D eigenvalue weighted by atomic mass is 32.2. The first-order chi connectivity index (χ1) is 9.99. The summed E-state index contributed by atoms with van der Waals surface area (Å²) in [6, 6.07) is 5.20. The van der Waals surface area contributed by atoms with Gasteiger partial charge in [-0.3, -0.25) is 4.79 Å². The maximum absolute atomic E-state index is 11.4. The van der Waals surface area contributed by atoms with Crippen LogP contribution in [0.2, 0.25) is 0 Å². The molecule has 0 atom stereocenters. The maximum Gasteiger partial charge on any atom is 0.309 e. The molecule has 2 rings (SSSR count). The van der Waals surface area contributed by atoms with Gasteiger partial charge in [0.15, 0.2) is 0 Å². The molecule has 0 unspecified atom stereocenters. The highest BCUT2D eigenvalue weighted by Gasteiger charge is 2.30. The average Bonchev–Trinajstić information content (AvgIpc) is 2.64. The van der Waals surface area contributed by atoms with Gasteiger partial charge >= 0.3 is 5.97 Å². The summed E-state index contributed by atoms with van der Waals surface area (Å²) < 4.78 is -0.0112. The number of aliphatic carboxylic acids is 1. The molecule has 22 heavy (non-hydrogen) atoms. The number of rotatable bonds is 4. The quantitative estimate of drug-likeness (QED) is 0.729. The first kappa shape index (κ1) is 16.7. The highest BCUT2D eigenvalue weighted by Crippen LogP contribution is 2.42. The second kappa shape index (κ2) is 5.54. The van der Waals surface area contributed by atoms with Crippen LogP contribution < -0.4 is 0 Å². The van der Waals surface area contributed by atoms with E-state index in [1.165, 1.54) is 0 Å². The van der Waals surface area contributed by atoms with Crippen LogP contribution in [0.15, 0.2) is 23.1 Å². The van der Waals surface area contributed by atoms with Crippen LogP contribution in [0, 0.1) is 5.41 Å². The number of phenols is 1. The largest absolute Gasteiger partial charge is 0.508 e. The van der Waals surface area contributed by atoms with Gasteiger partial charge in [-0.15, -0.1) is 11.8 Å². The van der Waals surface area contributed by atoms with Crippen molar-refractivity contribution >= 4 is 28.6 Å². The van der Waals surface area contributed by atoms with Crippen LogP contribution in [0.5, 0.6) is 5.75 Å². The van der Waals surface area contributed by atoms with E-state index in [-0.39, 0.29) is 10.5 Å². The van der Waals surface area contributed by atoms with Gasteiger partial charge in [0, 0.05) is 32.7 Å². The molecule has 120 valence electrons. The monoisotopic (exact) mass is 321 g/mol. The fraction of sp³-hybridized carbons (Fsp3) is 0.471. The summed E-state index contributed by atoms with van der Waals surface area (Å²) in [5.74, 6) is -0.605. The third-order valence-corrected chi connectivity index (χ3v) is 4.70. The Morgan fingerprint density at radius 1 is 1.23 bits per heavy atom. The second-order valence-corrected chi connectivity index (χ2v) is 9.08. The van der Waals surface area contributed by atoms with Crippen molar-refractivity contribution in [3.8, 4) is 5.75 Å². The summed E-state index contributed by atoms with van der Waals surface area (Å²) in [4.78, 5) is 15.8. The zero-order valence-corrected chi connectivity index (χ0v) is 14.5. The highest BCUT2D eigenvalue weighted by molar-refractivity contribution is 8.00. The predicted octanol–water partition coefficient (Wildman–Crippen LogP) is 4.42. The summed E-state index contributed by atoms with van der Waals surface area (Å²) in [5.41, 5.74) is 0.976. The van der Waals surface area contributed by atoms with Crippen molar-refractivity contribution in [2.24, 2.45) is 5.41 Å². The van der Waals surface area contributed by atoms with Gasteiger partial charge in [-0.1, -0.05) is 20.8 Å². The lowest BCUT2D eigenvalue weighted by Crippen LogP contribution is -2.26. The number of H-pyrrole nitrogens is 1. The summed E-state index contributed by atoms with van der Waals surface area (Å²) in [5, 5.41) is 20.1. The average molecular weight is 321 g/mol. The lowest BCUT2D eigenvalue weighted by Gasteiger charge is -2.22. The van der Waals surface area contributed by atoms with Gasteiger partial charge in [-0.05, 0) is 32.0 Å². The lowest BCUT2D eigenvalue weighted by molar-refractivity contribution is -0.146. The number of carboxylic acids is 1. The molecule has 0 radical (unpaired) electrons. The molecule has 0 saturated carbocycles. The van der Waals surface area contributed by atoms with Crippen LogP contribution in [0.25, 0.3) is 10.9 Å². The minimum atomic E-state index is -0.851. The van der Waals surface area contributed by atoms with Crippen LogP contribution in [0.3, 0.4) is 0 Å². The number of aromatic nitrogens is 1. The zero-order valence-electron chi connectivity index (χ0n) is 13.7. The molecule has 0 aliphatic rings.